The van der Waals surface area contributed by atoms with Crippen LogP contribution in [0.4, 0.5) is 5.69 Å². The van der Waals surface area contributed by atoms with E-state index in [1.54, 1.807) is 0 Å². The summed E-state index contributed by atoms with van der Waals surface area (Å²) in [7, 11) is 0. The normalized spacial score (nSPS) is 20.4. The third-order valence-corrected chi connectivity index (χ3v) is 4.82. The molecule has 1 aliphatic heterocycles. The van der Waals surface area contributed by atoms with Gasteiger partial charge in [-0.1, -0.05) is 22.9 Å². The molecule has 3 rings (SSSR count). The molecule has 4 heteroatoms. The second kappa shape index (κ2) is 6.46. The number of hydrogen-bond donors (Lipinski definition) is 1. The van der Waals surface area contributed by atoms with Crippen molar-refractivity contribution in [2.75, 3.05) is 37.6 Å². The average Bonchev–Trinajstić information content (AvgIpc) is 3.30. The first-order valence-electron chi connectivity index (χ1n) is 7.76. The summed E-state index contributed by atoms with van der Waals surface area (Å²) in [5.74, 6) is 0. The van der Waals surface area contributed by atoms with Crippen molar-refractivity contribution < 1.29 is 0 Å². The summed E-state index contributed by atoms with van der Waals surface area (Å²) in [5.41, 5.74) is 2.81. The van der Waals surface area contributed by atoms with Crippen molar-refractivity contribution in [3.8, 4) is 0 Å². The van der Waals surface area contributed by atoms with E-state index in [0.29, 0.717) is 0 Å². The molecule has 0 radical (unpaired) electrons. The zero-order chi connectivity index (χ0) is 13.9. The molecule has 2 fully saturated rings. The van der Waals surface area contributed by atoms with Gasteiger partial charge in [-0.05, 0) is 43.1 Å². The molecule has 0 unspecified atom stereocenters. The molecular formula is C16H24BrN3. The number of hydrogen-bond acceptors (Lipinski definition) is 3. The van der Waals surface area contributed by atoms with Gasteiger partial charge < -0.3 is 10.2 Å². The molecule has 1 saturated carbocycles. The van der Waals surface area contributed by atoms with Crippen LogP contribution in [0.15, 0.2) is 22.7 Å². The molecule has 0 bridgehead atoms. The molecule has 1 heterocycles. The molecule has 3 nitrogen and oxygen atoms in total. The first kappa shape index (κ1) is 14.4. The van der Waals surface area contributed by atoms with Crippen LogP contribution in [0.5, 0.6) is 0 Å². The van der Waals surface area contributed by atoms with Gasteiger partial charge in [0.05, 0.1) is 0 Å². The zero-order valence-corrected chi connectivity index (χ0v) is 13.8. The average molecular weight is 338 g/mol. The minimum Gasteiger partial charge on any atom is -0.369 e. The highest BCUT2D eigenvalue weighted by Gasteiger charge is 2.31. The number of benzene rings is 1. The van der Waals surface area contributed by atoms with Crippen LogP contribution in [0.25, 0.3) is 0 Å². The third kappa shape index (κ3) is 3.35. The standard InChI is InChI=1S/C16H24BrN3/c1-2-18-12-13-11-14(17)3-6-16(13)20-9-7-19(8-10-20)15-4-5-15/h3,6,11,15,18H,2,4-5,7-10,12H2,1H3. The Bertz CT molecular complexity index is 451. The Labute approximate surface area is 130 Å². The van der Waals surface area contributed by atoms with Crippen LogP contribution in [0.3, 0.4) is 0 Å². The second-order valence-electron chi connectivity index (χ2n) is 5.81. The van der Waals surface area contributed by atoms with E-state index in [-0.39, 0.29) is 0 Å². The summed E-state index contributed by atoms with van der Waals surface area (Å²) >= 11 is 3.59. The van der Waals surface area contributed by atoms with E-state index in [1.165, 1.54) is 41.7 Å². The quantitative estimate of drug-likeness (QED) is 0.891. The Hall–Kier alpha value is -0.580. The number of rotatable bonds is 5. The molecule has 1 aromatic carbocycles. The highest BCUT2D eigenvalue weighted by Crippen LogP contribution is 2.30. The second-order valence-corrected chi connectivity index (χ2v) is 6.72. The van der Waals surface area contributed by atoms with Gasteiger partial charge >= 0.3 is 0 Å². The van der Waals surface area contributed by atoms with E-state index in [0.717, 1.165) is 32.2 Å². The predicted octanol–water partition coefficient (Wildman–Crippen LogP) is 2.84. The Morgan fingerprint density at radius 1 is 1.20 bits per heavy atom. The number of anilines is 1. The topological polar surface area (TPSA) is 18.5 Å². The summed E-state index contributed by atoms with van der Waals surface area (Å²) in [6, 6.07) is 7.59. The third-order valence-electron chi connectivity index (χ3n) is 4.33. The van der Waals surface area contributed by atoms with E-state index in [2.05, 4.69) is 56.2 Å². The van der Waals surface area contributed by atoms with Crippen molar-refractivity contribution in [2.24, 2.45) is 0 Å². The summed E-state index contributed by atoms with van der Waals surface area (Å²) < 4.78 is 1.17. The van der Waals surface area contributed by atoms with Gasteiger partial charge in [-0.25, -0.2) is 0 Å². The molecule has 1 N–H and O–H groups in total. The van der Waals surface area contributed by atoms with E-state index in [9.17, 15) is 0 Å². The van der Waals surface area contributed by atoms with Gasteiger partial charge in [-0.15, -0.1) is 0 Å². The molecule has 0 aromatic heterocycles. The molecule has 20 heavy (non-hydrogen) atoms. The number of piperazine rings is 1. The SMILES string of the molecule is CCNCc1cc(Br)ccc1N1CCN(C2CC2)CC1. The van der Waals surface area contributed by atoms with Gasteiger partial charge in [0.25, 0.3) is 0 Å². The molecule has 0 spiro atoms. The summed E-state index contributed by atoms with van der Waals surface area (Å²) in [5, 5.41) is 3.45. The van der Waals surface area contributed by atoms with Crippen molar-refractivity contribution >= 4 is 21.6 Å². The van der Waals surface area contributed by atoms with Gasteiger partial charge in [-0.2, -0.15) is 0 Å². The molecule has 110 valence electrons. The highest BCUT2D eigenvalue weighted by atomic mass is 79.9. The van der Waals surface area contributed by atoms with E-state index >= 15 is 0 Å². The van der Waals surface area contributed by atoms with Crippen molar-refractivity contribution in [3.63, 3.8) is 0 Å². The lowest BCUT2D eigenvalue weighted by Gasteiger charge is -2.37. The van der Waals surface area contributed by atoms with Crippen molar-refractivity contribution in [2.45, 2.75) is 32.4 Å². The number of halogens is 1. The van der Waals surface area contributed by atoms with Gasteiger partial charge in [0.2, 0.25) is 0 Å². The lowest BCUT2D eigenvalue weighted by molar-refractivity contribution is 0.248. The maximum Gasteiger partial charge on any atom is 0.0413 e. The van der Waals surface area contributed by atoms with Gasteiger partial charge in [0.15, 0.2) is 0 Å². The smallest absolute Gasteiger partial charge is 0.0413 e. The van der Waals surface area contributed by atoms with Crippen LogP contribution < -0.4 is 10.2 Å². The maximum absolute atomic E-state index is 3.59. The van der Waals surface area contributed by atoms with Crippen molar-refractivity contribution in [3.05, 3.63) is 28.2 Å². The fourth-order valence-corrected chi connectivity index (χ4v) is 3.44. The summed E-state index contributed by atoms with van der Waals surface area (Å²) in [4.78, 5) is 5.22. The van der Waals surface area contributed by atoms with Crippen LogP contribution >= 0.6 is 15.9 Å². The molecule has 1 aliphatic carbocycles. The highest BCUT2D eigenvalue weighted by molar-refractivity contribution is 9.10. The van der Waals surface area contributed by atoms with Crippen LogP contribution in [-0.4, -0.2) is 43.7 Å². The first-order chi connectivity index (χ1) is 9.78. The Morgan fingerprint density at radius 3 is 2.60 bits per heavy atom. The number of nitrogens with one attached hydrogen (secondary N) is 1. The lowest BCUT2D eigenvalue weighted by Crippen LogP contribution is -2.47. The monoisotopic (exact) mass is 337 g/mol. The van der Waals surface area contributed by atoms with Crippen LogP contribution in [-0.2, 0) is 6.54 Å². The van der Waals surface area contributed by atoms with Crippen molar-refractivity contribution in [1.82, 2.24) is 10.2 Å². The largest absolute Gasteiger partial charge is 0.369 e. The van der Waals surface area contributed by atoms with Gasteiger partial charge in [0.1, 0.15) is 0 Å². The molecule has 0 atom stereocenters. The van der Waals surface area contributed by atoms with E-state index < -0.39 is 0 Å². The molecule has 0 amide bonds. The van der Waals surface area contributed by atoms with Crippen molar-refractivity contribution in [1.29, 1.82) is 0 Å². The summed E-state index contributed by atoms with van der Waals surface area (Å²) in [6.07, 6.45) is 2.84. The Kier molecular flexibility index (Phi) is 4.64. The molecule has 2 aliphatic rings. The summed E-state index contributed by atoms with van der Waals surface area (Å²) in [6.45, 7) is 8.90. The van der Waals surface area contributed by atoms with E-state index in [4.69, 9.17) is 0 Å². The molecule has 1 saturated heterocycles. The van der Waals surface area contributed by atoms with Crippen LogP contribution in [0.2, 0.25) is 0 Å². The molecular weight excluding hydrogens is 314 g/mol. The van der Waals surface area contributed by atoms with Gasteiger partial charge in [0, 0.05) is 48.9 Å². The Morgan fingerprint density at radius 2 is 1.95 bits per heavy atom. The zero-order valence-electron chi connectivity index (χ0n) is 12.2. The van der Waals surface area contributed by atoms with Gasteiger partial charge in [-0.3, -0.25) is 4.90 Å². The molecule has 1 aromatic rings. The minimum atomic E-state index is 0.906. The van der Waals surface area contributed by atoms with Crippen LogP contribution in [0.1, 0.15) is 25.3 Å². The maximum atomic E-state index is 3.59. The number of nitrogens with zero attached hydrogens (tertiary/aromatic N) is 2. The van der Waals surface area contributed by atoms with Crippen LogP contribution in [0, 0.1) is 0 Å². The fraction of sp³-hybridized carbons (Fsp3) is 0.625. The lowest BCUT2D eigenvalue weighted by atomic mass is 10.1. The first-order valence-corrected chi connectivity index (χ1v) is 8.55. The fourth-order valence-electron chi connectivity index (χ4n) is 3.03. The Balaban J connectivity index is 1.69. The predicted molar refractivity (Wildman–Crippen MR) is 88.3 cm³/mol. The van der Waals surface area contributed by atoms with E-state index in [1.807, 2.05) is 0 Å². The minimum absolute atomic E-state index is 0.906.